The number of hydrogen-bond acceptors (Lipinski definition) is 7. The Bertz CT molecular complexity index is 1360. The molecule has 0 radical (unpaired) electrons. The zero-order valence-electron chi connectivity index (χ0n) is 18.5. The normalized spacial score (nSPS) is 14.3. The van der Waals surface area contributed by atoms with Gasteiger partial charge in [-0.25, -0.2) is 14.2 Å². The van der Waals surface area contributed by atoms with Gasteiger partial charge in [0.25, 0.3) is 0 Å². The number of rotatable bonds is 6. The Kier molecular flexibility index (Phi) is 7.19. The van der Waals surface area contributed by atoms with Gasteiger partial charge in [0, 0.05) is 61.8 Å². The third-order valence-electron chi connectivity index (χ3n) is 6.07. The predicted octanol–water partition coefficient (Wildman–Crippen LogP) is 4.23. The number of piperazine rings is 1. The van der Waals surface area contributed by atoms with Crippen molar-refractivity contribution in [3.05, 3.63) is 71.0 Å². The van der Waals surface area contributed by atoms with Gasteiger partial charge < -0.3 is 19.7 Å². The van der Waals surface area contributed by atoms with Crippen LogP contribution in [-0.4, -0.2) is 54.3 Å². The van der Waals surface area contributed by atoms with E-state index in [0.29, 0.717) is 17.8 Å². The van der Waals surface area contributed by atoms with E-state index in [9.17, 15) is 14.3 Å². The molecule has 0 bridgehead atoms. The number of aromatic nitrogens is 1. The number of halogens is 2. The highest BCUT2D eigenvalue weighted by Gasteiger charge is 2.19. The molecule has 1 aliphatic rings. The Morgan fingerprint density at radius 1 is 1.03 bits per heavy atom. The molecule has 9 heteroatoms. The third kappa shape index (κ3) is 5.08. The summed E-state index contributed by atoms with van der Waals surface area (Å²) in [5, 5.41) is 15.5. The van der Waals surface area contributed by atoms with E-state index < -0.39 is 5.63 Å². The molecule has 0 unspecified atom stereocenters. The van der Waals surface area contributed by atoms with Crippen LogP contribution in [0.4, 0.5) is 15.9 Å². The van der Waals surface area contributed by atoms with Crippen LogP contribution in [-0.2, 0) is 0 Å². The number of fused-ring (bicyclic) bond motifs is 2. The van der Waals surface area contributed by atoms with Crippen LogP contribution in [0.5, 0.6) is 5.75 Å². The summed E-state index contributed by atoms with van der Waals surface area (Å²) < 4.78 is 18.9. The van der Waals surface area contributed by atoms with Gasteiger partial charge in [0.15, 0.2) is 0 Å². The van der Waals surface area contributed by atoms with Gasteiger partial charge in [-0.15, -0.1) is 12.4 Å². The van der Waals surface area contributed by atoms with Gasteiger partial charge in [-0.1, -0.05) is 6.07 Å². The summed E-state index contributed by atoms with van der Waals surface area (Å²) in [6, 6.07) is 12.9. The van der Waals surface area contributed by atoms with E-state index in [0.717, 1.165) is 61.1 Å². The van der Waals surface area contributed by atoms with Gasteiger partial charge in [-0.05, 0) is 48.7 Å². The standard InChI is InChI=1S/C25H25FN4O3.ClH/c26-18-3-2-17-6-8-28-25(21(17)14-18)30-12-10-29(11-13-30)9-1-7-27-22-16-24(32)33-23-15-19(31)4-5-20(22)23;/h2-6,8,14-16,27,31H,1,7,9-13H2;1H. The van der Waals surface area contributed by atoms with Crippen molar-refractivity contribution in [2.75, 3.05) is 49.5 Å². The number of aromatic hydroxyl groups is 1. The number of phenolic OH excluding ortho intramolecular Hbond substituents is 1. The van der Waals surface area contributed by atoms with Crippen molar-refractivity contribution in [2.45, 2.75) is 6.42 Å². The van der Waals surface area contributed by atoms with Crippen LogP contribution in [0.25, 0.3) is 21.7 Å². The van der Waals surface area contributed by atoms with E-state index in [1.807, 2.05) is 6.07 Å². The minimum atomic E-state index is -0.450. The van der Waals surface area contributed by atoms with Crippen molar-refractivity contribution < 1.29 is 13.9 Å². The Morgan fingerprint density at radius 3 is 2.68 bits per heavy atom. The lowest BCUT2D eigenvalue weighted by Gasteiger charge is -2.35. The van der Waals surface area contributed by atoms with E-state index in [1.165, 1.54) is 18.2 Å². The Balaban J connectivity index is 0.00000274. The average Bonchev–Trinajstić information content (AvgIpc) is 2.81. The summed E-state index contributed by atoms with van der Waals surface area (Å²) in [4.78, 5) is 21.0. The van der Waals surface area contributed by atoms with Crippen LogP contribution in [0.1, 0.15) is 6.42 Å². The molecular formula is C25H26ClFN4O3. The highest BCUT2D eigenvalue weighted by atomic mass is 35.5. The van der Waals surface area contributed by atoms with Crippen molar-refractivity contribution in [2.24, 2.45) is 0 Å². The highest BCUT2D eigenvalue weighted by molar-refractivity contribution is 5.92. The molecule has 34 heavy (non-hydrogen) atoms. The van der Waals surface area contributed by atoms with Crippen LogP contribution < -0.4 is 15.8 Å². The number of benzene rings is 2. The topological polar surface area (TPSA) is 81.8 Å². The zero-order valence-corrected chi connectivity index (χ0v) is 19.4. The van der Waals surface area contributed by atoms with Crippen molar-refractivity contribution in [1.29, 1.82) is 0 Å². The van der Waals surface area contributed by atoms with Gasteiger partial charge in [0.2, 0.25) is 0 Å². The van der Waals surface area contributed by atoms with E-state index in [1.54, 1.807) is 30.5 Å². The largest absolute Gasteiger partial charge is 0.508 e. The second kappa shape index (κ2) is 10.3. The number of pyridine rings is 1. The van der Waals surface area contributed by atoms with Gasteiger partial charge in [0.1, 0.15) is 23.0 Å². The minimum absolute atomic E-state index is 0. The molecule has 2 aromatic carbocycles. The third-order valence-corrected chi connectivity index (χ3v) is 6.07. The summed E-state index contributed by atoms with van der Waals surface area (Å²) in [5.41, 5.74) is 0.622. The van der Waals surface area contributed by atoms with E-state index in [4.69, 9.17) is 4.42 Å². The van der Waals surface area contributed by atoms with Crippen LogP contribution >= 0.6 is 12.4 Å². The quantitative estimate of drug-likeness (QED) is 0.313. The number of nitrogens with one attached hydrogen (secondary N) is 1. The van der Waals surface area contributed by atoms with E-state index in [-0.39, 0.29) is 24.0 Å². The maximum absolute atomic E-state index is 13.8. The molecule has 0 amide bonds. The molecule has 0 aliphatic carbocycles. The summed E-state index contributed by atoms with van der Waals surface area (Å²) in [6.45, 7) is 5.13. The lowest BCUT2D eigenvalue weighted by atomic mass is 10.1. The van der Waals surface area contributed by atoms with Crippen LogP contribution in [0.15, 0.2) is 63.9 Å². The van der Waals surface area contributed by atoms with Crippen LogP contribution in [0.2, 0.25) is 0 Å². The molecule has 7 nitrogen and oxygen atoms in total. The van der Waals surface area contributed by atoms with E-state index in [2.05, 4.69) is 20.1 Å². The second-order valence-electron chi connectivity index (χ2n) is 8.27. The summed E-state index contributed by atoms with van der Waals surface area (Å²) in [6.07, 6.45) is 2.69. The summed E-state index contributed by atoms with van der Waals surface area (Å²) >= 11 is 0. The highest BCUT2D eigenvalue weighted by Crippen LogP contribution is 2.27. The molecule has 178 valence electrons. The Hall–Kier alpha value is -3.36. The van der Waals surface area contributed by atoms with Gasteiger partial charge >= 0.3 is 5.63 Å². The first-order valence-corrected chi connectivity index (χ1v) is 11.1. The maximum atomic E-state index is 13.8. The zero-order chi connectivity index (χ0) is 22.8. The fourth-order valence-corrected chi connectivity index (χ4v) is 4.38. The summed E-state index contributed by atoms with van der Waals surface area (Å²) in [5.74, 6) is 0.656. The first-order valence-electron chi connectivity index (χ1n) is 11.1. The van der Waals surface area contributed by atoms with Crippen molar-refractivity contribution in [3.8, 4) is 5.75 Å². The molecule has 0 spiro atoms. The maximum Gasteiger partial charge on any atom is 0.338 e. The molecule has 0 atom stereocenters. The lowest BCUT2D eigenvalue weighted by Crippen LogP contribution is -2.47. The van der Waals surface area contributed by atoms with Crippen molar-refractivity contribution >= 4 is 45.7 Å². The fourth-order valence-electron chi connectivity index (χ4n) is 4.38. The molecule has 0 saturated carbocycles. The Labute approximate surface area is 202 Å². The molecule has 2 aromatic heterocycles. The average molecular weight is 485 g/mol. The molecule has 1 fully saturated rings. The molecule has 1 aliphatic heterocycles. The molecule has 2 N–H and O–H groups in total. The number of nitrogens with zero attached hydrogens (tertiary/aromatic N) is 3. The number of anilines is 2. The fraction of sp³-hybridized carbons (Fsp3) is 0.280. The smallest absolute Gasteiger partial charge is 0.338 e. The van der Waals surface area contributed by atoms with Crippen LogP contribution in [0.3, 0.4) is 0 Å². The van der Waals surface area contributed by atoms with Gasteiger partial charge in [-0.3, -0.25) is 4.90 Å². The number of hydrogen-bond donors (Lipinski definition) is 2. The van der Waals surface area contributed by atoms with Gasteiger partial charge in [0.05, 0.1) is 5.69 Å². The first kappa shape index (κ1) is 23.8. The molecule has 5 rings (SSSR count). The Morgan fingerprint density at radius 2 is 1.85 bits per heavy atom. The first-order chi connectivity index (χ1) is 16.1. The van der Waals surface area contributed by atoms with Crippen molar-refractivity contribution in [1.82, 2.24) is 9.88 Å². The van der Waals surface area contributed by atoms with Crippen LogP contribution in [0, 0.1) is 5.82 Å². The molecule has 1 saturated heterocycles. The summed E-state index contributed by atoms with van der Waals surface area (Å²) in [7, 11) is 0. The molecule has 3 heterocycles. The number of phenols is 1. The van der Waals surface area contributed by atoms with Crippen molar-refractivity contribution in [3.63, 3.8) is 0 Å². The molecule has 4 aromatic rings. The molecular weight excluding hydrogens is 459 g/mol. The van der Waals surface area contributed by atoms with E-state index >= 15 is 0 Å². The second-order valence-corrected chi connectivity index (χ2v) is 8.27. The van der Waals surface area contributed by atoms with Gasteiger partial charge in [-0.2, -0.15) is 0 Å². The monoisotopic (exact) mass is 484 g/mol. The lowest BCUT2D eigenvalue weighted by molar-refractivity contribution is 0.257. The SMILES string of the molecule is Cl.O=c1cc(NCCCN2CCN(c3nccc4ccc(F)cc34)CC2)c2ccc(O)cc2o1. The predicted molar refractivity (Wildman–Crippen MR) is 135 cm³/mol. The minimum Gasteiger partial charge on any atom is -0.508 e.